The molecule has 1 aromatic carbocycles. The maximum Gasteiger partial charge on any atom is 0.147 e. The van der Waals surface area contributed by atoms with E-state index in [1.54, 1.807) is 18.4 Å². The number of aromatic nitrogens is 2. The summed E-state index contributed by atoms with van der Waals surface area (Å²) in [7, 11) is 1.69. The molecule has 1 heterocycles. The molecule has 0 fully saturated rings. The Bertz CT molecular complexity index is 539. The zero-order chi connectivity index (χ0) is 13.7. The molecule has 102 valence electrons. The van der Waals surface area contributed by atoms with Crippen molar-refractivity contribution in [2.24, 2.45) is 0 Å². The quantitative estimate of drug-likeness (QED) is 0.825. The SMILES string of the molecule is CCCNCc1nnc(-c2ccc(C)c(OC)c2)s1. The lowest BCUT2D eigenvalue weighted by atomic mass is 10.1. The summed E-state index contributed by atoms with van der Waals surface area (Å²) in [6, 6.07) is 6.12. The summed E-state index contributed by atoms with van der Waals surface area (Å²) in [4.78, 5) is 0. The molecular formula is C14H19N3OS. The Hall–Kier alpha value is -1.46. The van der Waals surface area contributed by atoms with Crippen LogP contribution in [-0.4, -0.2) is 23.9 Å². The van der Waals surface area contributed by atoms with Gasteiger partial charge in [0.05, 0.1) is 7.11 Å². The van der Waals surface area contributed by atoms with Crippen LogP contribution in [-0.2, 0) is 6.54 Å². The molecule has 2 aromatic rings. The first-order valence-electron chi connectivity index (χ1n) is 6.42. The Balaban J connectivity index is 2.13. The van der Waals surface area contributed by atoms with Crippen LogP contribution in [0, 0.1) is 6.92 Å². The summed E-state index contributed by atoms with van der Waals surface area (Å²) < 4.78 is 5.34. The lowest BCUT2D eigenvalue weighted by molar-refractivity contribution is 0.412. The predicted molar refractivity (Wildman–Crippen MR) is 78.6 cm³/mol. The Kier molecular flexibility index (Phi) is 4.87. The Labute approximate surface area is 117 Å². The second-order valence-electron chi connectivity index (χ2n) is 4.36. The minimum Gasteiger partial charge on any atom is -0.496 e. The van der Waals surface area contributed by atoms with Crippen LogP contribution in [0.25, 0.3) is 10.6 Å². The molecule has 0 aliphatic rings. The van der Waals surface area contributed by atoms with Gasteiger partial charge < -0.3 is 10.1 Å². The monoisotopic (exact) mass is 277 g/mol. The van der Waals surface area contributed by atoms with Crippen molar-refractivity contribution in [1.29, 1.82) is 0 Å². The molecule has 0 spiro atoms. The first-order chi connectivity index (χ1) is 9.24. The van der Waals surface area contributed by atoms with Crippen LogP contribution >= 0.6 is 11.3 Å². The van der Waals surface area contributed by atoms with Crippen LogP contribution in [0.15, 0.2) is 18.2 Å². The van der Waals surface area contributed by atoms with E-state index in [0.29, 0.717) is 0 Å². The Morgan fingerprint density at radius 3 is 2.89 bits per heavy atom. The van der Waals surface area contributed by atoms with Gasteiger partial charge in [-0.2, -0.15) is 0 Å². The van der Waals surface area contributed by atoms with Gasteiger partial charge in [-0.05, 0) is 31.5 Å². The highest BCUT2D eigenvalue weighted by Crippen LogP contribution is 2.28. The summed E-state index contributed by atoms with van der Waals surface area (Å²) >= 11 is 1.62. The maximum absolute atomic E-state index is 5.34. The Morgan fingerprint density at radius 2 is 2.16 bits per heavy atom. The molecule has 5 heteroatoms. The minimum atomic E-state index is 0.786. The van der Waals surface area contributed by atoms with Crippen LogP contribution < -0.4 is 10.1 Å². The number of nitrogens with one attached hydrogen (secondary N) is 1. The molecule has 1 aromatic heterocycles. The van der Waals surface area contributed by atoms with E-state index >= 15 is 0 Å². The van der Waals surface area contributed by atoms with Gasteiger partial charge in [-0.25, -0.2) is 0 Å². The molecule has 0 saturated carbocycles. The van der Waals surface area contributed by atoms with Gasteiger partial charge in [0, 0.05) is 12.1 Å². The number of benzene rings is 1. The van der Waals surface area contributed by atoms with Crippen molar-refractivity contribution < 1.29 is 4.74 Å². The number of rotatable bonds is 6. The van der Waals surface area contributed by atoms with Crippen molar-refractivity contribution in [2.45, 2.75) is 26.8 Å². The van der Waals surface area contributed by atoms with Crippen LogP contribution in [0.1, 0.15) is 23.9 Å². The highest BCUT2D eigenvalue weighted by Gasteiger charge is 2.08. The summed E-state index contributed by atoms with van der Waals surface area (Å²) in [5.74, 6) is 0.887. The molecule has 19 heavy (non-hydrogen) atoms. The van der Waals surface area contributed by atoms with Crippen molar-refractivity contribution in [2.75, 3.05) is 13.7 Å². The van der Waals surface area contributed by atoms with Gasteiger partial charge in [-0.15, -0.1) is 10.2 Å². The van der Waals surface area contributed by atoms with Crippen LogP contribution in [0.3, 0.4) is 0 Å². The number of aryl methyl sites for hydroxylation is 1. The summed E-state index contributed by atoms with van der Waals surface area (Å²) in [5.41, 5.74) is 2.18. The van der Waals surface area contributed by atoms with Gasteiger partial charge in [-0.3, -0.25) is 0 Å². The van der Waals surface area contributed by atoms with E-state index in [-0.39, 0.29) is 0 Å². The van der Waals surface area contributed by atoms with Crippen LogP contribution in [0.2, 0.25) is 0 Å². The smallest absolute Gasteiger partial charge is 0.147 e. The van der Waals surface area contributed by atoms with Gasteiger partial charge in [0.2, 0.25) is 0 Å². The zero-order valence-corrected chi connectivity index (χ0v) is 12.4. The van der Waals surface area contributed by atoms with E-state index in [2.05, 4.69) is 28.5 Å². The summed E-state index contributed by atoms with van der Waals surface area (Å²) in [6.07, 6.45) is 1.13. The zero-order valence-electron chi connectivity index (χ0n) is 11.6. The molecule has 0 aliphatic heterocycles. The fraction of sp³-hybridized carbons (Fsp3) is 0.429. The maximum atomic E-state index is 5.34. The predicted octanol–water partition coefficient (Wildman–Crippen LogP) is 3.02. The third-order valence-corrected chi connectivity index (χ3v) is 3.80. The fourth-order valence-corrected chi connectivity index (χ4v) is 2.57. The van der Waals surface area contributed by atoms with E-state index in [9.17, 15) is 0 Å². The largest absolute Gasteiger partial charge is 0.496 e. The van der Waals surface area contributed by atoms with Crippen molar-refractivity contribution in [3.63, 3.8) is 0 Å². The molecule has 0 atom stereocenters. The van der Waals surface area contributed by atoms with Gasteiger partial charge in [-0.1, -0.05) is 30.4 Å². The molecule has 0 amide bonds. The molecule has 0 radical (unpaired) electrons. The van der Waals surface area contributed by atoms with Crippen molar-refractivity contribution in [3.8, 4) is 16.3 Å². The second kappa shape index (κ2) is 6.63. The summed E-state index contributed by atoms with van der Waals surface area (Å²) in [5, 5.41) is 13.7. The molecule has 2 rings (SSSR count). The fourth-order valence-electron chi connectivity index (χ4n) is 1.77. The topological polar surface area (TPSA) is 47.0 Å². The molecule has 0 saturated heterocycles. The number of hydrogen-bond donors (Lipinski definition) is 1. The molecule has 0 unspecified atom stereocenters. The third-order valence-electron chi connectivity index (χ3n) is 2.82. The second-order valence-corrected chi connectivity index (χ2v) is 5.42. The summed E-state index contributed by atoms with van der Waals surface area (Å²) in [6.45, 7) is 5.97. The highest BCUT2D eigenvalue weighted by molar-refractivity contribution is 7.14. The minimum absolute atomic E-state index is 0.786. The van der Waals surface area contributed by atoms with Crippen LogP contribution in [0.5, 0.6) is 5.75 Å². The molecule has 0 aliphatic carbocycles. The van der Waals surface area contributed by atoms with Crippen molar-refractivity contribution in [1.82, 2.24) is 15.5 Å². The average molecular weight is 277 g/mol. The van der Waals surface area contributed by atoms with Gasteiger partial charge in [0.25, 0.3) is 0 Å². The standard InChI is InChI=1S/C14H19N3OS/c1-4-7-15-9-13-16-17-14(19-13)11-6-5-10(2)12(8-11)18-3/h5-6,8,15H,4,7,9H2,1-3H3. The number of ether oxygens (including phenoxy) is 1. The first-order valence-corrected chi connectivity index (χ1v) is 7.24. The van der Waals surface area contributed by atoms with E-state index in [1.165, 1.54) is 0 Å². The van der Waals surface area contributed by atoms with Crippen LogP contribution in [0.4, 0.5) is 0 Å². The van der Waals surface area contributed by atoms with Gasteiger partial charge in [0.1, 0.15) is 15.8 Å². The van der Waals surface area contributed by atoms with E-state index in [1.807, 2.05) is 19.1 Å². The first kappa shape index (κ1) is 14.0. The lowest BCUT2D eigenvalue weighted by Gasteiger charge is -2.05. The van der Waals surface area contributed by atoms with E-state index < -0.39 is 0 Å². The van der Waals surface area contributed by atoms with Crippen molar-refractivity contribution >= 4 is 11.3 Å². The normalized spacial score (nSPS) is 10.7. The van der Waals surface area contributed by atoms with Gasteiger partial charge in [0.15, 0.2) is 0 Å². The Morgan fingerprint density at radius 1 is 1.32 bits per heavy atom. The van der Waals surface area contributed by atoms with E-state index in [0.717, 1.165) is 46.4 Å². The lowest BCUT2D eigenvalue weighted by Crippen LogP contribution is -2.13. The molecule has 0 bridgehead atoms. The molecular weight excluding hydrogens is 258 g/mol. The van der Waals surface area contributed by atoms with Gasteiger partial charge >= 0.3 is 0 Å². The van der Waals surface area contributed by atoms with E-state index in [4.69, 9.17) is 4.74 Å². The number of hydrogen-bond acceptors (Lipinski definition) is 5. The third kappa shape index (κ3) is 3.52. The average Bonchev–Trinajstić information content (AvgIpc) is 2.88. The number of nitrogens with zero attached hydrogens (tertiary/aromatic N) is 2. The molecule has 4 nitrogen and oxygen atoms in total. The molecule has 1 N–H and O–H groups in total. The number of methoxy groups -OCH3 is 1. The highest BCUT2D eigenvalue weighted by atomic mass is 32.1. The van der Waals surface area contributed by atoms with Crippen molar-refractivity contribution in [3.05, 3.63) is 28.8 Å².